The number of nitrogens with one attached hydrogen (secondary N) is 1. The van der Waals surface area contributed by atoms with Gasteiger partial charge in [0, 0.05) is 4.90 Å². The van der Waals surface area contributed by atoms with Crippen molar-refractivity contribution < 1.29 is 19.0 Å². The summed E-state index contributed by atoms with van der Waals surface area (Å²) in [5.74, 6) is 4.32. The van der Waals surface area contributed by atoms with Gasteiger partial charge in [0.1, 0.15) is 11.5 Å². The Hall–Kier alpha value is -3.34. The molecule has 9 nitrogen and oxygen atoms in total. The lowest BCUT2D eigenvalue weighted by atomic mass is 9.49. The SMILES string of the molecule is CNCCCN(C)CCCSc1ccc(N=C(C=C(N)C2=NC3(C(=O)O2)C2CC4CC(C2)CC3C4)c2c(OC)cccc2OC)c(C(C)C)c1. The number of carbonyl (C=O) groups excluding carboxylic acids is 1. The second-order valence-corrected chi connectivity index (χ2v) is 16.1. The molecule has 4 bridgehead atoms. The molecule has 0 unspecified atom stereocenters. The van der Waals surface area contributed by atoms with Crippen LogP contribution in [0.1, 0.15) is 75.8 Å². The Balaban J connectivity index is 1.31. The first-order valence-electron chi connectivity index (χ1n) is 18.4. The molecule has 2 aromatic rings. The van der Waals surface area contributed by atoms with E-state index in [-0.39, 0.29) is 35.3 Å². The summed E-state index contributed by atoms with van der Waals surface area (Å²) in [6.45, 7) is 7.61. The van der Waals surface area contributed by atoms with E-state index in [1.165, 1.54) is 11.3 Å². The third-order valence-corrected chi connectivity index (χ3v) is 12.3. The van der Waals surface area contributed by atoms with E-state index in [0.29, 0.717) is 34.6 Å². The highest BCUT2D eigenvalue weighted by molar-refractivity contribution is 7.99. The van der Waals surface area contributed by atoms with Crippen LogP contribution in [0.3, 0.4) is 0 Å². The third-order valence-electron chi connectivity index (χ3n) is 11.2. The van der Waals surface area contributed by atoms with Crippen molar-refractivity contribution >= 4 is 35.0 Å². The third kappa shape index (κ3) is 7.48. The number of benzene rings is 2. The standard InChI is InChI=1S/C40H55N5O4S/c1-25(2)31-23-30(50-17-9-16-45(4)15-8-14-42-3)12-13-33(31)43-34(37-35(47-5)10-7-11-36(37)48-6)24-32(41)38-44-40(39(46)49-38)28-19-26-18-27(21-28)22-29(40)20-26/h7,10-13,23-29,42H,8-9,14-22,41H2,1-6H3. The summed E-state index contributed by atoms with van der Waals surface area (Å²) in [4.78, 5) is 27.7. The predicted octanol–water partition coefficient (Wildman–Crippen LogP) is 6.96. The Morgan fingerprint density at radius 2 is 1.74 bits per heavy atom. The Morgan fingerprint density at radius 1 is 1.08 bits per heavy atom. The molecule has 10 heteroatoms. The van der Waals surface area contributed by atoms with E-state index in [4.69, 9.17) is 29.9 Å². The first-order chi connectivity index (χ1) is 24.2. The van der Waals surface area contributed by atoms with Crippen molar-refractivity contribution in [3.8, 4) is 11.5 Å². The highest BCUT2D eigenvalue weighted by atomic mass is 32.2. The molecule has 0 aromatic heterocycles. The zero-order valence-corrected chi connectivity index (χ0v) is 31.5. The van der Waals surface area contributed by atoms with Crippen LogP contribution in [0.2, 0.25) is 0 Å². The zero-order chi connectivity index (χ0) is 35.4. The van der Waals surface area contributed by atoms with E-state index in [1.54, 1.807) is 20.3 Å². The molecule has 1 spiro atoms. The van der Waals surface area contributed by atoms with Crippen LogP contribution in [0, 0.1) is 23.7 Å². The van der Waals surface area contributed by atoms with Crippen LogP contribution in [-0.4, -0.2) is 81.7 Å². The number of cyclic esters (lactones) is 1. The molecule has 0 amide bonds. The number of hydrogen-bond acceptors (Lipinski definition) is 10. The number of rotatable bonds is 16. The molecule has 1 aliphatic heterocycles. The maximum atomic E-state index is 13.7. The number of ether oxygens (including phenoxy) is 3. The summed E-state index contributed by atoms with van der Waals surface area (Å²) < 4.78 is 17.6. The van der Waals surface area contributed by atoms with Gasteiger partial charge in [-0.15, -0.1) is 11.8 Å². The van der Waals surface area contributed by atoms with Crippen LogP contribution in [0.15, 0.2) is 63.1 Å². The van der Waals surface area contributed by atoms with Gasteiger partial charge in [0.05, 0.1) is 36.9 Å². The topological polar surface area (TPSA) is 111 Å². The highest BCUT2D eigenvalue weighted by Gasteiger charge is 2.64. The Labute approximate surface area is 302 Å². The molecule has 7 rings (SSSR count). The minimum Gasteiger partial charge on any atom is -0.496 e. The monoisotopic (exact) mass is 701 g/mol. The number of methoxy groups -OCH3 is 2. The number of thioether (sulfide) groups is 1. The zero-order valence-electron chi connectivity index (χ0n) is 30.7. The molecule has 4 fully saturated rings. The molecule has 0 radical (unpaired) electrons. The molecule has 1 heterocycles. The van der Waals surface area contributed by atoms with Crippen LogP contribution in [0.25, 0.3) is 0 Å². The van der Waals surface area contributed by atoms with Gasteiger partial charge in [0.2, 0.25) is 5.90 Å². The van der Waals surface area contributed by atoms with Crippen molar-refractivity contribution in [2.45, 2.75) is 75.1 Å². The first kappa shape index (κ1) is 36.5. The average molecular weight is 702 g/mol. The summed E-state index contributed by atoms with van der Waals surface area (Å²) >= 11 is 1.88. The van der Waals surface area contributed by atoms with Gasteiger partial charge in [-0.25, -0.2) is 14.8 Å². The van der Waals surface area contributed by atoms with Gasteiger partial charge in [-0.3, -0.25) is 0 Å². The van der Waals surface area contributed by atoms with Gasteiger partial charge >= 0.3 is 5.97 Å². The molecule has 5 aliphatic rings. The van der Waals surface area contributed by atoms with Crippen molar-refractivity contribution in [2.75, 3.05) is 53.7 Å². The van der Waals surface area contributed by atoms with E-state index in [2.05, 4.69) is 49.3 Å². The number of allylic oxidation sites excluding steroid dienone is 1. The predicted molar refractivity (Wildman–Crippen MR) is 203 cm³/mol. The van der Waals surface area contributed by atoms with E-state index in [1.807, 2.05) is 37.0 Å². The van der Waals surface area contributed by atoms with Gasteiger partial charge < -0.3 is 30.2 Å². The summed E-state index contributed by atoms with van der Waals surface area (Å²) in [6, 6.07) is 12.1. The van der Waals surface area contributed by atoms with Crippen molar-refractivity contribution in [1.29, 1.82) is 0 Å². The van der Waals surface area contributed by atoms with E-state index >= 15 is 0 Å². The molecule has 0 atom stereocenters. The van der Waals surface area contributed by atoms with Gasteiger partial charge in [-0.1, -0.05) is 19.9 Å². The highest BCUT2D eigenvalue weighted by Crippen LogP contribution is 2.61. The number of hydrogen-bond donors (Lipinski definition) is 2. The minimum absolute atomic E-state index is 0.201. The van der Waals surface area contributed by atoms with E-state index < -0.39 is 5.54 Å². The van der Waals surface area contributed by atoms with Gasteiger partial charge in [0.15, 0.2) is 5.54 Å². The van der Waals surface area contributed by atoms with Crippen LogP contribution in [0.4, 0.5) is 5.69 Å². The van der Waals surface area contributed by atoms with Crippen LogP contribution < -0.4 is 20.5 Å². The second-order valence-electron chi connectivity index (χ2n) is 14.9. The second kappa shape index (κ2) is 15.9. The van der Waals surface area contributed by atoms with Crippen LogP contribution in [-0.2, 0) is 9.53 Å². The van der Waals surface area contributed by atoms with Crippen molar-refractivity contribution in [2.24, 2.45) is 39.4 Å². The number of aliphatic imine (C=N–C) groups is 2. The van der Waals surface area contributed by atoms with E-state index in [9.17, 15) is 4.79 Å². The minimum atomic E-state index is -0.805. The molecule has 270 valence electrons. The summed E-state index contributed by atoms with van der Waals surface area (Å²) in [5, 5.41) is 3.22. The van der Waals surface area contributed by atoms with Gasteiger partial charge in [-0.2, -0.15) is 0 Å². The molecule has 3 N–H and O–H groups in total. The molecule has 2 aromatic carbocycles. The quantitative estimate of drug-likeness (QED) is 0.0837. The normalized spacial score (nSPS) is 25.9. The fraction of sp³-hybridized carbons (Fsp3) is 0.575. The van der Waals surface area contributed by atoms with Crippen molar-refractivity contribution in [1.82, 2.24) is 10.2 Å². The van der Waals surface area contributed by atoms with Crippen LogP contribution in [0.5, 0.6) is 11.5 Å². The molecular formula is C40H55N5O4S. The van der Waals surface area contributed by atoms with Crippen molar-refractivity contribution in [3.63, 3.8) is 0 Å². The summed E-state index contributed by atoms with van der Waals surface area (Å²) in [6.07, 6.45) is 9.54. The largest absolute Gasteiger partial charge is 0.496 e. The molecule has 0 saturated heterocycles. The lowest BCUT2D eigenvalue weighted by Crippen LogP contribution is -2.59. The average Bonchev–Trinajstić information content (AvgIpc) is 3.46. The molecular weight excluding hydrogens is 647 g/mol. The Bertz CT molecular complexity index is 1590. The number of esters is 1. The Kier molecular flexibility index (Phi) is 11.6. The number of nitrogens with zero attached hydrogens (tertiary/aromatic N) is 3. The van der Waals surface area contributed by atoms with Crippen LogP contribution >= 0.6 is 11.8 Å². The van der Waals surface area contributed by atoms with Gasteiger partial charge in [0.25, 0.3) is 0 Å². The fourth-order valence-corrected chi connectivity index (χ4v) is 9.78. The first-order valence-corrected chi connectivity index (χ1v) is 19.3. The van der Waals surface area contributed by atoms with Gasteiger partial charge in [-0.05, 0) is 156 Å². The maximum absolute atomic E-state index is 13.7. The molecule has 4 saturated carbocycles. The lowest BCUT2D eigenvalue weighted by molar-refractivity contribution is -0.153. The number of nitrogens with two attached hydrogens (primary N) is 1. The smallest absolute Gasteiger partial charge is 0.341 e. The molecule has 4 aliphatic carbocycles. The maximum Gasteiger partial charge on any atom is 0.341 e. The fourth-order valence-electron chi connectivity index (χ4n) is 8.90. The molecule has 50 heavy (non-hydrogen) atoms. The Morgan fingerprint density at radius 3 is 2.36 bits per heavy atom. The summed E-state index contributed by atoms with van der Waals surface area (Å²) in [5.41, 5.74) is 9.47. The summed E-state index contributed by atoms with van der Waals surface area (Å²) in [7, 11) is 7.46. The van der Waals surface area contributed by atoms with E-state index in [0.717, 1.165) is 75.2 Å². The lowest BCUT2D eigenvalue weighted by Gasteiger charge is -2.56. The number of carbonyl (C=O) groups is 1. The van der Waals surface area contributed by atoms with Crippen molar-refractivity contribution in [3.05, 3.63) is 59.3 Å².